The summed E-state index contributed by atoms with van der Waals surface area (Å²) in [6.07, 6.45) is 0.381. The summed E-state index contributed by atoms with van der Waals surface area (Å²) in [5, 5.41) is 11.9. The van der Waals surface area contributed by atoms with E-state index in [9.17, 15) is 22.8 Å². The van der Waals surface area contributed by atoms with Crippen molar-refractivity contribution in [3.05, 3.63) is 100 Å². The zero-order valence-corrected chi connectivity index (χ0v) is 22.7. The number of aliphatic carboxylic acids is 1. The quantitative estimate of drug-likeness (QED) is 0.245. The summed E-state index contributed by atoms with van der Waals surface area (Å²) >= 11 is 1.07. The van der Waals surface area contributed by atoms with Crippen molar-refractivity contribution in [3.8, 4) is 11.3 Å². The number of nitrogens with one attached hydrogen (secondary N) is 1. The Morgan fingerprint density at radius 3 is 2.15 bits per heavy atom. The normalized spacial score (nSPS) is 11.2. The number of carbonyl (C=O) groups excluding carboxylic acids is 2. The highest BCUT2D eigenvalue weighted by Gasteiger charge is 2.22. The second-order valence-corrected chi connectivity index (χ2v) is 12.0. The lowest BCUT2D eigenvalue weighted by molar-refractivity contribution is -0.137. The van der Waals surface area contributed by atoms with Crippen LogP contribution in [0.15, 0.2) is 83.8 Å². The van der Waals surface area contributed by atoms with E-state index in [1.54, 1.807) is 43.3 Å². The van der Waals surface area contributed by atoms with Crippen molar-refractivity contribution in [1.82, 2.24) is 4.98 Å². The number of sulfone groups is 1. The first-order valence-corrected chi connectivity index (χ1v) is 14.7. The van der Waals surface area contributed by atoms with E-state index in [2.05, 4.69) is 10.3 Å². The van der Waals surface area contributed by atoms with E-state index in [1.165, 1.54) is 12.1 Å². The molecular formula is C29H26N2O6S2. The first-order chi connectivity index (χ1) is 18.7. The van der Waals surface area contributed by atoms with Gasteiger partial charge in [-0.15, -0.1) is 0 Å². The van der Waals surface area contributed by atoms with E-state index in [0.717, 1.165) is 22.5 Å². The van der Waals surface area contributed by atoms with Crippen LogP contribution >= 0.6 is 11.3 Å². The number of hydrogen-bond donors (Lipinski definition) is 2. The molecule has 4 rings (SSSR count). The van der Waals surface area contributed by atoms with Crippen molar-refractivity contribution in [3.63, 3.8) is 0 Å². The average Bonchev–Trinajstić information content (AvgIpc) is 3.36. The van der Waals surface area contributed by atoms with E-state index in [1.807, 2.05) is 30.3 Å². The molecule has 0 aliphatic rings. The van der Waals surface area contributed by atoms with Gasteiger partial charge in [0.2, 0.25) is 11.7 Å². The topological polar surface area (TPSA) is 130 Å². The smallest absolute Gasteiger partial charge is 0.303 e. The number of aromatic nitrogens is 1. The Balaban J connectivity index is 1.55. The molecule has 0 bridgehead atoms. The first-order valence-electron chi connectivity index (χ1n) is 12.2. The highest BCUT2D eigenvalue weighted by atomic mass is 32.2. The lowest BCUT2D eigenvalue weighted by atomic mass is 10.0. The maximum absolute atomic E-state index is 13.5. The molecule has 0 saturated heterocycles. The lowest BCUT2D eigenvalue weighted by Crippen LogP contribution is -2.14. The zero-order chi connectivity index (χ0) is 28.0. The molecular weight excluding hydrogens is 536 g/mol. The van der Waals surface area contributed by atoms with Crippen molar-refractivity contribution < 1.29 is 27.9 Å². The fourth-order valence-electron chi connectivity index (χ4n) is 3.85. The van der Waals surface area contributed by atoms with Crippen molar-refractivity contribution in [2.24, 2.45) is 0 Å². The van der Waals surface area contributed by atoms with Gasteiger partial charge in [-0.2, -0.15) is 0 Å². The molecule has 8 nitrogen and oxygen atoms in total. The van der Waals surface area contributed by atoms with Gasteiger partial charge in [0.05, 0.1) is 22.8 Å². The van der Waals surface area contributed by atoms with Gasteiger partial charge in [0.1, 0.15) is 4.88 Å². The molecule has 1 heterocycles. The predicted octanol–water partition coefficient (Wildman–Crippen LogP) is 5.03. The molecule has 1 aromatic heterocycles. The molecule has 0 unspecified atom stereocenters. The summed E-state index contributed by atoms with van der Waals surface area (Å²) in [5.74, 6) is -1.50. The molecule has 0 atom stereocenters. The SMILES string of the molecule is CCS(=O)(=O)c1ccc(CC(=O)Nc2nc(-c3ccccc3)c(C(=O)c3ccc(CCC(=O)O)cc3)s2)cc1. The minimum absolute atomic E-state index is 0.00342. The fourth-order valence-corrected chi connectivity index (χ4v) is 5.70. The van der Waals surface area contributed by atoms with Crippen LogP contribution in [0, 0.1) is 0 Å². The van der Waals surface area contributed by atoms with Crippen LogP contribution in [0.25, 0.3) is 11.3 Å². The number of thiazole rings is 1. The number of carboxylic acids is 1. The van der Waals surface area contributed by atoms with Crippen LogP contribution in [0.1, 0.15) is 39.7 Å². The molecule has 4 aromatic rings. The van der Waals surface area contributed by atoms with Crippen LogP contribution < -0.4 is 5.32 Å². The molecule has 0 spiro atoms. The lowest BCUT2D eigenvalue weighted by Gasteiger charge is -2.04. The molecule has 10 heteroatoms. The number of nitrogens with zero attached hydrogens (tertiary/aromatic N) is 1. The Morgan fingerprint density at radius 2 is 1.54 bits per heavy atom. The van der Waals surface area contributed by atoms with Crippen LogP contribution in [0.5, 0.6) is 0 Å². The minimum atomic E-state index is -3.32. The number of carboxylic acid groups (broad SMARTS) is 1. The summed E-state index contributed by atoms with van der Waals surface area (Å²) in [7, 11) is -3.32. The van der Waals surface area contributed by atoms with Gasteiger partial charge in [-0.3, -0.25) is 14.4 Å². The molecule has 3 aromatic carbocycles. The summed E-state index contributed by atoms with van der Waals surface area (Å²) in [5.41, 5.74) is 3.06. The number of aryl methyl sites for hydroxylation is 1. The van der Waals surface area contributed by atoms with Gasteiger partial charge < -0.3 is 10.4 Å². The van der Waals surface area contributed by atoms with Crippen LogP contribution in [-0.4, -0.2) is 41.9 Å². The molecule has 200 valence electrons. The molecule has 1 amide bonds. The van der Waals surface area contributed by atoms with Crippen LogP contribution in [0.3, 0.4) is 0 Å². The number of rotatable bonds is 11. The van der Waals surface area contributed by atoms with Gasteiger partial charge >= 0.3 is 5.97 Å². The Labute approximate surface area is 230 Å². The Bertz CT molecular complexity index is 1590. The highest BCUT2D eigenvalue weighted by Crippen LogP contribution is 2.33. The molecule has 39 heavy (non-hydrogen) atoms. The number of carbonyl (C=O) groups is 3. The molecule has 0 radical (unpaired) electrons. The zero-order valence-electron chi connectivity index (χ0n) is 21.1. The van der Waals surface area contributed by atoms with E-state index >= 15 is 0 Å². The Kier molecular flexibility index (Phi) is 8.68. The fraction of sp³-hybridized carbons (Fsp3) is 0.172. The van der Waals surface area contributed by atoms with E-state index in [-0.39, 0.29) is 40.3 Å². The monoisotopic (exact) mass is 562 g/mol. The number of anilines is 1. The van der Waals surface area contributed by atoms with E-state index in [4.69, 9.17) is 5.11 Å². The second kappa shape index (κ2) is 12.1. The highest BCUT2D eigenvalue weighted by molar-refractivity contribution is 7.91. The minimum Gasteiger partial charge on any atom is -0.481 e. The van der Waals surface area contributed by atoms with Gasteiger partial charge in [-0.05, 0) is 29.7 Å². The summed E-state index contributed by atoms with van der Waals surface area (Å²) in [4.78, 5) is 42.2. The summed E-state index contributed by atoms with van der Waals surface area (Å²) < 4.78 is 24.0. The molecule has 0 fully saturated rings. The van der Waals surface area contributed by atoms with E-state index < -0.39 is 15.8 Å². The third-order valence-electron chi connectivity index (χ3n) is 6.00. The van der Waals surface area contributed by atoms with Crippen LogP contribution in [-0.2, 0) is 32.3 Å². The Hall–Kier alpha value is -4.15. The number of benzene rings is 3. The number of hydrogen-bond acceptors (Lipinski definition) is 7. The average molecular weight is 563 g/mol. The number of ketones is 1. The van der Waals surface area contributed by atoms with Gasteiger partial charge in [-0.1, -0.05) is 85.0 Å². The summed E-state index contributed by atoms with van der Waals surface area (Å²) in [6, 6.07) is 22.2. The third-order valence-corrected chi connectivity index (χ3v) is 8.72. The Morgan fingerprint density at radius 1 is 0.897 bits per heavy atom. The predicted molar refractivity (Wildman–Crippen MR) is 150 cm³/mol. The van der Waals surface area contributed by atoms with Crippen molar-refractivity contribution >= 4 is 44.0 Å². The van der Waals surface area contributed by atoms with Gasteiger partial charge in [0.25, 0.3) is 0 Å². The van der Waals surface area contributed by atoms with Crippen LogP contribution in [0.4, 0.5) is 5.13 Å². The molecule has 0 saturated carbocycles. The standard InChI is InChI=1S/C29H26N2O6S2/c1-2-39(36,37)23-15-10-20(11-16-23)18-24(32)30-29-31-26(21-6-4-3-5-7-21)28(38-29)27(35)22-13-8-19(9-14-22)12-17-25(33)34/h3-11,13-16H,2,12,17-18H2,1H3,(H,33,34)(H,30,31,32). The third kappa shape index (κ3) is 7.04. The van der Waals surface area contributed by atoms with Gasteiger partial charge in [0, 0.05) is 17.5 Å². The van der Waals surface area contributed by atoms with Crippen molar-refractivity contribution in [1.29, 1.82) is 0 Å². The first kappa shape index (κ1) is 27.9. The molecule has 2 N–H and O–H groups in total. The maximum atomic E-state index is 13.5. The second-order valence-electron chi connectivity index (χ2n) is 8.75. The molecule has 0 aliphatic heterocycles. The summed E-state index contributed by atoms with van der Waals surface area (Å²) in [6.45, 7) is 1.57. The van der Waals surface area contributed by atoms with Crippen LogP contribution in [0.2, 0.25) is 0 Å². The van der Waals surface area contributed by atoms with Crippen molar-refractivity contribution in [2.75, 3.05) is 11.1 Å². The van der Waals surface area contributed by atoms with Gasteiger partial charge in [0.15, 0.2) is 15.0 Å². The largest absolute Gasteiger partial charge is 0.481 e. The maximum Gasteiger partial charge on any atom is 0.303 e. The van der Waals surface area contributed by atoms with Crippen molar-refractivity contribution in [2.45, 2.75) is 31.1 Å². The van der Waals surface area contributed by atoms with E-state index in [0.29, 0.717) is 28.1 Å². The molecule has 0 aliphatic carbocycles. The van der Waals surface area contributed by atoms with Gasteiger partial charge in [-0.25, -0.2) is 13.4 Å². The number of amides is 1.